The molecule has 1 saturated heterocycles. The molecule has 5 rings (SSSR count). The van der Waals surface area contributed by atoms with Crippen LogP contribution >= 0.6 is 34.7 Å². The number of thioether (sulfide) groups is 1. The molecule has 2 aromatic carbocycles. The quantitative estimate of drug-likeness (QED) is 0.253. The molecule has 2 N–H and O–H groups in total. The minimum atomic E-state index is -1.09. The first-order valence-corrected chi connectivity index (χ1v) is 13.8. The van der Waals surface area contributed by atoms with Gasteiger partial charge in [0.15, 0.2) is 5.78 Å². The van der Waals surface area contributed by atoms with Crippen LogP contribution in [0, 0.1) is 5.82 Å². The molecule has 0 bridgehead atoms. The van der Waals surface area contributed by atoms with Gasteiger partial charge in [0.25, 0.3) is 0 Å². The van der Waals surface area contributed by atoms with Gasteiger partial charge < -0.3 is 10.6 Å². The number of carbonyl (C=O) groups excluding carboxylic acids is 2. The minimum absolute atomic E-state index is 0.0571. The van der Waals surface area contributed by atoms with Gasteiger partial charge in [-0.25, -0.2) is 9.37 Å². The molecule has 3 atom stereocenters. The van der Waals surface area contributed by atoms with Crippen LogP contribution < -0.4 is 10.6 Å². The zero-order valence-electron chi connectivity index (χ0n) is 19.8. The van der Waals surface area contributed by atoms with Crippen molar-refractivity contribution in [3.8, 4) is 0 Å². The Hall–Kier alpha value is -3.20. The molecular formula is C28H23ClFN3O2S2. The predicted octanol–water partition coefficient (Wildman–Crippen LogP) is 6.60. The van der Waals surface area contributed by atoms with Crippen molar-refractivity contribution in [2.45, 2.75) is 35.1 Å². The molecule has 0 spiro atoms. The molecule has 1 amide bonds. The molecule has 0 aliphatic carbocycles. The number of pyridine rings is 1. The van der Waals surface area contributed by atoms with Crippen LogP contribution in [0.5, 0.6) is 0 Å². The Bertz CT molecular complexity index is 1410. The van der Waals surface area contributed by atoms with E-state index in [1.54, 1.807) is 30.3 Å². The minimum Gasteiger partial charge on any atom is -0.364 e. The number of hydrogen-bond acceptors (Lipinski definition) is 6. The number of benzene rings is 2. The van der Waals surface area contributed by atoms with Gasteiger partial charge in [-0.3, -0.25) is 9.59 Å². The Labute approximate surface area is 227 Å². The summed E-state index contributed by atoms with van der Waals surface area (Å²) in [6.07, 6.45) is 0.0571. The number of rotatable bonds is 7. The number of ketones is 1. The maximum absolute atomic E-state index is 13.5. The molecular weight excluding hydrogens is 529 g/mol. The van der Waals surface area contributed by atoms with Gasteiger partial charge in [-0.2, -0.15) is 11.3 Å². The van der Waals surface area contributed by atoms with E-state index in [4.69, 9.17) is 16.6 Å². The third-order valence-corrected chi connectivity index (χ3v) is 8.77. The molecule has 2 aromatic heterocycles. The number of thiophene rings is 1. The van der Waals surface area contributed by atoms with Crippen LogP contribution in [0.2, 0.25) is 5.02 Å². The van der Waals surface area contributed by atoms with Crippen molar-refractivity contribution in [1.29, 1.82) is 0 Å². The third-order valence-electron chi connectivity index (χ3n) is 6.32. The Morgan fingerprint density at radius 2 is 1.89 bits per heavy atom. The van der Waals surface area contributed by atoms with Crippen molar-refractivity contribution in [1.82, 2.24) is 10.3 Å². The first kappa shape index (κ1) is 25.4. The van der Waals surface area contributed by atoms with Crippen LogP contribution in [0.1, 0.15) is 36.2 Å². The number of halogens is 2. The van der Waals surface area contributed by atoms with Crippen LogP contribution in [-0.4, -0.2) is 21.9 Å². The van der Waals surface area contributed by atoms with Gasteiger partial charge in [-0.05, 0) is 71.3 Å². The Balaban J connectivity index is 1.45. The Kier molecular flexibility index (Phi) is 7.33. The summed E-state index contributed by atoms with van der Waals surface area (Å²) < 4.78 is 13.3. The van der Waals surface area contributed by atoms with E-state index in [9.17, 15) is 14.0 Å². The summed E-state index contributed by atoms with van der Waals surface area (Å²) in [6.45, 7) is 1.96. The predicted molar refractivity (Wildman–Crippen MR) is 147 cm³/mol. The van der Waals surface area contributed by atoms with E-state index in [-0.39, 0.29) is 30.0 Å². The van der Waals surface area contributed by atoms with Crippen molar-refractivity contribution in [3.05, 3.63) is 111 Å². The fourth-order valence-corrected chi connectivity index (χ4v) is 6.37. The molecule has 0 radical (unpaired) electrons. The van der Waals surface area contributed by atoms with Crippen molar-refractivity contribution in [2.75, 3.05) is 5.32 Å². The first-order valence-electron chi connectivity index (χ1n) is 11.6. The number of Topliss-reactive ketones (excluding diaryl/α,β-unsaturated/α-hetero) is 1. The summed E-state index contributed by atoms with van der Waals surface area (Å²) in [5.74, 6) is -0.289. The Morgan fingerprint density at radius 3 is 2.59 bits per heavy atom. The maximum atomic E-state index is 13.5. The Morgan fingerprint density at radius 1 is 1.11 bits per heavy atom. The lowest BCUT2D eigenvalue weighted by molar-refractivity contribution is -0.133. The lowest BCUT2D eigenvalue weighted by Crippen LogP contribution is -2.58. The molecule has 5 nitrogen and oxygen atoms in total. The van der Waals surface area contributed by atoms with E-state index in [1.165, 1.54) is 23.5 Å². The van der Waals surface area contributed by atoms with E-state index in [1.807, 2.05) is 48.0 Å². The summed E-state index contributed by atoms with van der Waals surface area (Å²) in [5, 5.41) is 9.91. The van der Waals surface area contributed by atoms with E-state index in [0.717, 1.165) is 22.9 Å². The molecule has 1 aliphatic heterocycles. The molecule has 188 valence electrons. The number of carbonyl (C=O) groups is 2. The van der Waals surface area contributed by atoms with Gasteiger partial charge in [-0.15, -0.1) is 11.8 Å². The van der Waals surface area contributed by atoms with Gasteiger partial charge in [0.05, 0.1) is 10.7 Å². The molecule has 3 heterocycles. The van der Waals surface area contributed by atoms with Crippen LogP contribution in [0.4, 0.5) is 10.2 Å². The third kappa shape index (κ3) is 5.28. The normalized spacial score (nSPS) is 20.4. The number of nitrogens with one attached hydrogen (secondary N) is 2. The number of anilines is 1. The van der Waals surface area contributed by atoms with E-state index >= 15 is 0 Å². The first-order chi connectivity index (χ1) is 17.9. The van der Waals surface area contributed by atoms with Gasteiger partial charge in [0, 0.05) is 17.4 Å². The zero-order chi connectivity index (χ0) is 26.0. The van der Waals surface area contributed by atoms with Gasteiger partial charge in [0.2, 0.25) is 5.91 Å². The standard InChI is InChI=1S/C28H23ClFN3O2S2/c1-17(18-9-11-20(30)12-10-18)31-25-8-4-7-24(32-25)28(19-13-14-36-16-19)15-22(34)26(27(35)33-28)37-23-6-3-2-5-21(23)29/h2-14,16-17,26H,15H2,1H3,(H,31,32)(H,33,35)/t17-,26?,28?/m1/s1. The summed E-state index contributed by atoms with van der Waals surface area (Å²) in [7, 11) is 0. The molecule has 0 saturated carbocycles. The molecule has 9 heteroatoms. The van der Waals surface area contributed by atoms with E-state index in [2.05, 4.69) is 10.6 Å². The van der Waals surface area contributed by atoms with Crippen LogP contribution in [0.15, 0.2) is 88.5 Å². The second kappa shape index (κ2) is 10.7. The van der Waals surface area contributed by atoms with Crippen LogP contribution in [0.3, 0.4) is 0 Å². The molecule has 1 aliphatic rings. The average molecular weight is 552 g/mol. The topological polar surface area (TPSA) is 71.1 Å². The zero-order valence-corrected chi connectivity index (χ0v) is 22.2. The van der Waals surface area contributed by atoms with E-state index in [0.29, 0.717) is 21.4 Å². The maximum Gasteiger partial charge on any atom is 0.242 e. The fraction of sp³-hybridized carbons (Fsp3) is 0.179. The second-order valence-corrected chi connectivity index (χ2v) is 11.1. The molecule has 1 fully saturated rings. The lowest BCUT2D eigenvalue weighted by atomic mass is 9.79. The highest BCUT2D eigenvalue weighted by molar-refractivity contribution is 8.01. The summed E-state index contributed by atoms with van der Waals surface area (Å²) in [5.41, 5.74) is 1.17. The smallest absolute Gasteiger partial charge is 0.242 e. The highest BCUT2D eigenvalue weighted by Gasteiger charge is 2.48. The SMILES string of the molecule is C[C@@H](Nc1cccc(C2(c3ccsc3)CC(=O)C(Sc3ccccc3Cl)C(=O)N2)n1)c1ccc(F)cc1. The lowest BCUT2D eigenvalue weighted by Gasteiger charge is -2.39. The summed E-state index contributed by atoms with van der Waals surface area (Å²) in [4.78, 5) is 32.4. The largest absolute Gasteiger partial charge is 0.364 e. The van der Waals surface area contributed by atoms with Crippen molar-refractivity contribution >= 4 is 52.2 Å². The summed E-state index contributed by atoms with van der Waals surface area (Å²) in [6, 6.07) is 20.7. The molecule has 2 unspecified atom stereocenters. The monoisotopic (exact) mass is 551 g/mol. The second-order valence-electron chi connectivity index (χ2n) is 8.80. The van der Waals surface area contributed by atoms with Gasteiger partial charge >= 0.3 is 0 Å². The van der Waals surface area contributed by atoms with Crippen molar-refractivity contribution in [3.63, 3.8) is 0 Å². The number of piperidine rings is 1. The number of aromatic nitrogens is 1. The highest BCUT2D eigenvalue weighted by atomic mass is 35.5. The van der Waals surface area contributed by atoms with Crippen molar-refractivity contribution < 1.29 is 14.0 Å². The average Bonchev–Trinajstić information content (AvgIpc) is 3.43. The fourth-order valence-electron chi connectivity index (χ4n) is 4.40. The van der Waals surface area contributed by atoms with E-state index < -0.39 is 10.8 Å². The van der Waals surface area contributed by atoms with Crippen LogP contribution in [0.25, 0.3) is 0 Å². The summed E-state index contributed by atoms with van der Waals surface area (Å²) >= 11 is 8.93. The number of nitrogens with zero attached hydrogens (tertiary/aromatic N) is 1. The van der Waals surface area contributed by atoms with Gasteiger partial charge in [-0.1, -0.05) is 41.9 Å². The number of hydrogen-bond donors (Lipinski definition) is 2. The highest BCUT2D eigenvalue weighted by Crippen LogP contribution is 2.41. The van der Waals surface area contributed by atoms with Crippen LogP contribution in [-0.2, 0) is 15.1 Å². The number of amides is 1. The van der Waals surface area contributed by atoms with Gasteiger partial charge in [0.1, 0.15) is 22.4 Å². The molecule has 4 aromatic rings. The van der Waals surface area contributed by atoms with Crippen molar-refractivity contribution in [2.24, 2.45) is 0 Å². The molecule has 37 heavy (non-hydrogen) atoms.